The average molecular weight is 1190 g/mol. The van der Waals surface area contributed by atoms with Crippen LogP contribution in [0.4, 0.5) is 0 Å². The standard InChI is InChI=1S/C67H116N2O15/c1-8-11-14-17-20-23-26-29-33-38-46-76-58-50-57(51-59(77-47-39-34-30-27-24-21-18-15-12-9-2)62(58)78-48-40-35-31-28-25-22-19-16-13-10-3)66(75)69-45-42-43-61(74)68-44-37-32-36-41-49-79-67-65(83-56(7)73)64(82-55(6)72)63(81-54(5)71)60(84-67)52-80-53(4)70/h50-51,60,63-65,67H,8-49,52H2,1-7H3,(H,68,74)(H,69,75)/t60-,63+,64+,65-,67-/m1/s1. The first-order valence-corrected chi connectivity index (χ1v) is 33.3. The van der Waals surface area contributed by atoms with Gasteiger partial charge in [-0.2, -0.15) is 0 Å². The Bertz CT molecular complexity index is 1850. The summed E-state index contributed by atoms with van der Waals surface area (Å²) >= 11 is 0. The van der Waals surface area contributed by atoms with Crippen LogP contribution in [0.2, 0.25) is 0 Å². The van der Waals surface area contributed by atoms with Gasteiger partial charge in [0, 0.05) is 59.4 Å². The molecular weight excluding hydrogens is 1070 g/mol. The van der Waals surface area contributed by atoms with Crippen molar-refractivity contribution in [2.45, 2.75) is 310 Å². The summed E-state index contributed by atoms with van der Waals surface area (Å²) in [6.07, 6.45) is 34.2. The van der Waals surface area contributed by atoms with Crippen molar-refractivity contribution in [3.8, 4) is 17.2 Å². The Morgan fingerprint density at radius 1 is 0.417 bits per heavy atom. The second-order valence-electron chi connectivity index (χ2n) is 23.0. The van der Waals surface area contributed by atoms with Crippen LogP contribution in [0.3, 0.4) is 0 Å². The maximum absolute atomic E-state index is 13.9. The fourth-order valence-corrected chi connectivity index (χ4v) is 10.3. The summed E-state index contributed by atoms with van der Waals surface area (Å²) in [6.45, 7) is 13.7. The SMILES string of the molecule is CCCCCCCCCCCCOc1cc(C(=O)NCCCC(=O)NCCCCCCO[C@@H]2O[C@H](COC(C)=O)[C@H](OC(C)=O)[C@H](OC(C)=O)[C@H]2OC(C)=O)cc(OCCCCCCCCCCCC)c1OCCCCCCCCCCCC. The predicted molar refractivity (Wildman–Crippen MR) is 329 cm³/mol. The molecule has 1 fully saturated rings. The lowest BCUT2D eigenvalue weighted by molar-refractivity contribution is -0.308. The van der Waals surface area contributed by atoms with Gasteiger partial charge in [-0.1, -0.05) is 207 Å². The lowest BCUT2D eigenvalue weighted by Gasteiger charge is -2.44. The summed E-state index contributed by atoms with van der Waals surface area (Å²) in [5.74, 6) is -1.45. The molecule has 1 heterocycles. The van der Waals surface area contributed by atoms with Crippen molar-refractivity contribution in [3.05, 3.63) is 17.7 Å². The van der Waals surface area contributed by atoms with Crippen LogP contribution in [0.5, 0.6) is 17.2 Å². The molecule has 84 heavy (non-hydrogen) atoms. The molecule has 17 heteroatoms. The molecule has 0 spiro atoms. The first kappa shape index (κ1) is 75.5. The number of carbonyl (C=O) groups is 6. The molecule has 2 rings (SSSR count). The van der Waals surface area contributed by atoms with E-state index < -0.39 is 54.6 Å². The van der Waals surface area contributed by atoms with Gasteiger partial charge in [0.25, 0.3) is 5.91 Å². The maximum Gasteiger partial charge on any atom is 0.303 e. The van der Waals surface area contributed by atoms with Gasteiger partial charge in [-0.3, -0.25) is 28.8 Å². The van der Waals surface area contributed by atoms with Crippen LogP contribution >= 0.6 is 0 Å². The Labute approximate surface area is 507 Å². The van der Waals surface area contributed by atoms with Crippen LogP contribution in [0.25, 0.3) is 0 Å². The Hall–Kier alpha value is -4.64. The molecule has 5 atom stereocenters. The first-order chi connectivity index (χ1) is 40.8. The zero-order valence-electron chi connectivity index (χ0n) is 53.6. The lowest BCUT2D eigenvalue weighted by Crippen LogP contribution is -2.63. The largest absolute Gasteiger partial charge is 0.490 e. The molecule has 1 aliphatic heterocycles. The molecule has 484 valence electrons. The summed E-state index contributed by atoms with van der Waals surface area (Å²) in [5, 5.41) is 6.01. The van der Waals surface area contributed by atoms with Crippen molar-refractivity contribution >= 4 is 35.7 Å². The smallest absolute Gasteiger partial charge is 0.303 e. The predicted octanol–water partition coefficient (Wildman–Crippen LogP) is 14.9. The number of ether oxygens (including phenoxy) is 9. The molecule has 17 nitrogen and oxygen atoms in total. The number of benzene rings is 1. The van der Waals surface area contributed by atoms with Crippen molar-refractivity contribution in [1.82, 2.24) is 10.6 Å². The molecule has 1 aliphatic rings. The molecule has 0 aliphatic carbocycles. The van der Waals surface area contributed by atoms with Crippen LogP contribution in [-0.2, 0) is 52.4 Å². The van der Waals surface area contributed by atoms with Crippen LogP contribution in [0.15, 0.2) is 12.1 Å². The normalized spacial score (nSPS) is 16.6. The average Bonchev–Trinajstić information content (AvgIpc) is 2.74. The van der Waals surface area contributed by atoms with Crippen LogP contribution in [-0.4, -0.2) is 113 Å². The van der Waals surface area contributed by atoms with Gasteiger partial charge in [0.2, 0.25) is 11.7 Å². The number of amides is 2. The number of hydrogen-bond donors (Lipinski definition) is 2. The van der Waals surface area contributed by atoms with Gasteiger partial charge >= 0.3 is 23.9 Å². The van der Waals surface area contributed by atoms with Gasteiger partial charge in [-0.15, -0.1) is 0 Å². The molecule has 1 saturated heterocycles. The molecule has 0 unspecified atom stereocenters. The van der Waals surface area contributed by atoms with Gasteiger partial charge in [-0.05, 0) is 50.7 Å². The molecular formula is C67H116N2O15. The molecule has 2 N–H and O–H groups in total. The van der Waals surface area contributed by atoms with E-state index in [1.54, 1.807) is 12.1 Å². The summed E-state index contributed by atoms with van der Waals surface area (Å²) in [4.78, 5) is 74.7. The molecule has 0 radical (unpaired) electrons. The number of carbonyl (C=O) groups excluding carboxylic acids is 6. The lowest BCUT2D eigenvalue weighted by atomic mass is 9.98. The number of hydrogen-bond acceptors (Lipinski definition) is 15. The van der Waals surface area contributed by atoms with Crippen LogP contribution < -0.4 is 24.8 Å². The second kappa shape index (κ2) is 50.5. The van der Waals surface area contributed by atoms with Crippen molar-refractivity contribution < 1.29 is 71.4 Å². The van der Waals surface area contributed by atoms with E-state index in [1.165, 1.54) is 168 Å². The van der Waals surface area contributed by atoms with Gasteiger partial charge in [0.1, 0.15) is 12.7 Å². The van der Waals surface area contributed by atoms with Crippen LogP contribution in [0, 0.1) is 0 Å². The second-order valence-corrected chi connectivity index (χ2v) is 23.0. The molecule has 1 aromatic carbocycles. The minimum atomic E-state index is -1.30. The summed E-state index contributed by atoms with van der Waals surface area (Å²) in [7, 11) is 0. The quantitative estimate of drug-likeness (QED) is 0.0353. The highest BCUT2D eigenvalue weighted by molar-refractivity contribution is 5.95. The number of rotatable bonds is 54. The van der Waals surface area contributed by atoms with Crippen molar-refractivity contribution in [2.75, 3.05) is 46.1 Å². The number of esters is 4. The molecule has 0 saturated carbocycles. The van der Waals surface area contributed by atoms with E-state index >= 15 is 0 Å². The zero-order valence-corrected chi connectivity index (χ0v) is 53.6. The van der Waals surface area contributed by atoms with Crippen LogP contribution in [0.1, 0.15) is 290 Å². The fraction of sp³-hybridized carbons (Fsp3) is 0.821. The van der Waals surface area contributed by atoms with Crippen molar-refractivity contribution in [1.29, 1.82) is 0 Å². The van der Waals surface area contributed by atoms with Gasteiger partial charge in [0.05, 0.1) is 19.8 Å². The monoisotopic (exact) mass is 1190 g/mol. The van der Waals surface area contributed by atoms with Gasteiger partial charge in [-0.25, -0.2) is 0 Å². The Kier molecular flexibility index (Phi) is 45.4. The maximum atomic E-state index is 13.9. The van der Waals surface area contributed by atoms with E-state index in [1.807, 2.05) is 0 Å². The Morgan fingerprint density at radius 3 is 1.24 bits per heavy atom. The minimum Gasteiger partial charge on any atom is -0.490 e. The highest BCUT2D eigenvalue weighted by Crippen LogP contribution is 2.40. The van der Waals surface area contributed by atoms with Gasteiger partial charge < -0.3 is 53.3 Å². The number of nitrogens with one attached hydrogen (secondary N) is 2. The summed E-state index contributed by atoms with van der Waals surface area (Å²) in [6, 6.07) is 3.59. The van der Waals surface area contributed by atoms with E-state index in [-0.39, 0.29) is 31.4 Å². The van der Waals surface area contributed by atoms with Gasteiger partial charge in [0.15, 0.2) is 36.1 Å². The Morgan fingerprint density at radius 2 is 0.798 bits per heavy atom. The topological polar surface area (TPSA) is 210 Å². The highest BCUT2D eigenvalue weighted by Gasteiger charge is 2.52. The molecule has 0 bridgehead atoms. The third-order valence-electron chi connectivity index (χ3n) is 15.0. The molecule has 2 amide bonds. The van der Waals surface area contributed by atoms with Crippen molar-refractivity contribution in [3.63, 3.8) is 0 Å². The van der Waals surface area contributed by atoms with Crippen molar-refractivity contribution in [2.24, 2.45) is 0 Å². The first-order valence-electron chi connectivity index (χ1n) is 33.3. The third kappa shape index (κ3) is 37.7. The van der Waals surface area contributed by atoms with E-state index in [0.29, 0.717) is 75.0 Å². The fourth-order valence-electron chi connectivity index (χ4n) is 10.3. The van der Waals surface area contributed by atoms with E-state index in [2.05, 4.69) is 31.4 Å². The van der Waals surface area contributed by atoms with E-state index in [0.717, 1.165) is 65.2 Å². The number of unbranched alkanes of at least 4 members (excludes halogenated alkanes) is 30. The van der Waals surface area contributed by atoms with E-state index in [4.69, 9.17) is 42.6 Å². The summed E-state index contributed by atoms with van der Waals surface area (Å²) < 4.78 is 53.1. The highest BCUT2D eigenvalue weighted by atomic mass is 16.7. The minimum absolute atomic E-state index is 0.106. The molecule has 0 aromatic heterocycles. The third-order valence-corrected chi connectivity index (χ3v) is 15.0. The Balaban J connectivity index is 2.00. The zero-order chi connectivity index (χ0) is 61.3. The molecule has 1 aromatic rings. The van der Waals surface area contributed by atoms with E-state index in [9.17, 15) is 28.8 Å². The summed E-state index contributed by atoms with van der Waals surface area (Å²) in [5.41, 5.74) is 0.435.